The first-order valence-electron chi connectivity index (χ1n) is 5.90. The molecule has 0 aliphatic carbocycles. The maximum atomic E-state index is 5.62. The molecule has 1 aliphatic rings. The molecule has 3 N–H and O–H groups in total. The van der Waals surface area contributed by atoms with Crippen LogP contribution in [0.1, 0.15) is 18.4 Å². The van der Waals surface area contributed by atoms with E-state index in [9.17, 15) is 0 Å². The van der Waals surface area contributed by atoms with Gasteiger partial charge in [0.25, 0.3) is 0 Å². The lowest BCUT2D eigenvalue weighted by Crippen LogP contribution is -2.28. The van der Waals surface area contributed by atoms with E-state index in [0.29, 0.717) is 0 Å². The average Bonchev–Trinajstić information content (AvgIpc) is 2.33. The van der Waals surface area contributed by atoms with E-state index in [1.165, 1.54) is 12.8 Å². The summed E-state index contributed by atoms with van der Waals surface area (Å²) >= 11 is 0. The number of rotatable bonds is 3. The summed E-state index contributed by atoms with van der Waals surface area (Å²) in [6.07, 6.45) is 4.44. The second-order valence-corrected chi connectivity index (χ2v) is 4.35. The Morgan fingerprint density at radius 3 is 2.62 bits per heavy atom. The van der Waals surface area contributed by atoms with Gasteiger partial charge in [0.1, 0.15) is 0 Å². The van der Waals surface area contributed by atoms with Crippen LogP contribution < -0.4 is 11.1 Å². The molecule has 0 radical (unpaired) electrons. The molecule has 0 amide bonds. The van der Waals surface area contributed by atoms with E-state index < -0.39 is 0 Å². The topological polar surface area (TPSA) is 50.4 Å². The first-order chi connectivity index (χ1) is 7.84. The molecule has 2 rings (SSSR count). The quantitative estimate of drug-likeness (QED) is 0.598. The predicted molar refractivity (Wildman–Crippen MR) is 68.9 cm³/mol. The maximum absolute atomic E-state index is 5.62. The van der Waals surface area contributed by atoms with E-state index in [0.717, 1.165) is 36.8 Å². The van der Waals surface area contributed by atoms with Gasteiger partial charge < -0.3 is 11.1 Å². The van der Waals surface area contributed by atoms with Gasteiger partial charge in [0.15, 0.2) is 0 Å². The van der Waals surface area contributed by atoms with Gasteiger partial charge in [-0.05, 0) is 49.5 Å². The fourth-order valence-corrected chi connectivity index (χ4v) is 1.95. The van der Waals surface area contributed by atoms with Crippen LogP contribution in [-0.2, 0) is 0 Å². The van der Waals surface area contributed by atoms with Crippen molar-refractivity contribution in [1.29, 1.82) is 0 Å². The third-order valence-electron chi connectivity index (χ3n) is 3.00. The molecule has 0 unspecified atom stereocenters. The number of piperidine rings is 1. The second-order valence-electron chi connectivity index (χ2n) is 4.35. The Hall–Kier alpha value is -1.35. The van der Waals surface area contributed by atoms with Crippen LogP contribution in [0.3, 0.4) is 0 Å². The van der Waals surface area contributed by atoms with Crippen LogP contribution in [0, 0.1) is 5.92 Å². The molecule has 16 heavy (non-hydrogen) atoms. The van der Waals surface area contributed by atoms with Crippen molar-refractivity contribution in [2.45, 2.75) is 12.8 Å². The Morgan fingerprint density at radius 2 is 1.94 bits per heavy atom. The summed E-state index contributed by atoms with van der Waals surface area (Å²) in [5, 5.41) is 3.36. The highest BCUT2D eigenvalue weighted by Gasteiger charge is 2.11. The fraction of sp³-hybridized carbons (Fsp3) is 0.462. The number of anilines is 1. The number of nitrogens with two attached hydrogens (primary N) is 1. The summed E-state index contributed by atoms with van der Waals surface area (Å²) in [5.41, 5.74) is 7.55. The van der Waals surface area contributed by atoms with Crippen LogP contribution in [0.4, 0.5) is 5.69 Å². The lowest BCUT2D eigenvalue weighted by Gasteiger charge is -2.20. The molecule has 0 spiro atoms. The summed E-state index contributed by atoms with van der Waals surface area (Å²) in [5.74, 6) is 0.756. The lowest BCUT2D eigenvalue weighted by atomic mass is 9.98. The normalized spacial score (nSPS) is 18.0. The van der Waals surface area contributed by atoms with Crippen molar-refractivity contribution in [2.75, 3.05) is 25.4 Å². The van der Waals surface area contributed by atoms with Gasteiger partial charge in [-0.3, -0.25) is 4.99 Å². The molecule has 1 aromatic rings. The number of nitrogen functional groups attached to an aromatic ring is 1. The van der Waals surface area contributed by atoms with Gasteiger partial charge in [-0.15, -0.1) is 0 Å². The molecular weight excluding hydrogens is 198 g/mol. The van der Waals surface area contributed by atoms with Gasteiger partial charge in [0, 0.05) is 18.4 Å². The molecule has 1 saturated heterocycles. The van der Waals surface area contributed by atoms with E-state index in [-0.39, 0.29) is 0 Å². The number of hydrogen-bond donors (Lipinski definition) is 2. The first kappa shape index (κ1) is 11.1. The highest BCUT2D eigenvalue weighted by Crippen LogP contribution is 2.11. The highest BCUT2D eigenvalue weighted by molar-refractivity contribution is 5.80. The maximum Gasteiger partial charge on any atom is 0.0418 e. The zero-order valence-corrected chi connectivity index (χ0v) is 9.52. The molecule has 3 nitrogen and oxygen atoms in total. The minimum absolute atomic E-state index is 0.756. The van der Waals surface area contributed by atoms with Crippen molar-refractivity contribution in [2.24, 2.45) is 10.9 Å². The molecular formula is C13H19N3. The van der Waals surface area contributed by atoms with Gasteiger partial charge in [-0.2, -0.15) is 0 Å². The van der Waals surface area contributed by atoms with E-state index in [4.69, 9.17) is 5.73 Å². The molecule has 1 fully saturated rings. The number of nitrogens with one attached hydrogen (secondary N) is 1. The van der Waals surface area contributed by atoms with Crippen LogP contribution in [0.25, 0.3) is 0 Å². The standard InChI is InChI=1S/C13H19N3/c14-13-3-1-11(2-4-13)9-16-10-12-5-7-15-8-6-12/h1-4,9,12,15H,5-8,10,14H2. The summed E-state index contributed by atoms with van der Waals surface area (Å²) in [7, 11) is 0. The fourth-order valence-electron chi connectivity index (χ4n) is 1.95. The molecule has 0 bridgehead atoms. The van der Waals surface area contributed by atoms with Crippen molar-refractivity contribution in [3.8, 4) is 0 Å². The van der Waals surface area contributed by atoms with Crippen molar-refractivity contribution >= 4 is 11.9 Å². The Balaban J connectivity index is 1.82. The molecule has 86 valence electrons. The minimum atomic E-state index is 0.756. The minimum Gasteiger partial charge on any atom is -0.399 e. The van der Waals surface area contributed by atoms with Gasteiger partial charge in [-0.1, -0.05) is 12.1 Å². The van der Waals surface area contributed by atoms with Gasteiger partial charge in [0.2, 0.25) is 0 Å². The van der Waals surface area contributed by atoms with E-state index in [2.05, 4.69) is 10.3 Å². The predicted octanol–water partition coefficient (Wildman–Crippen LogP) is 1.69. The molecule has 0 atom stereocenters. The van der Waals surface area contributed by atoms with E-state index in [1.54, 1.807) is 0 Å². The summed E-state index contributed by atoms with van der Waals surface area (Å²) in [6.45, 7) is 3.23. The molecule has 1 aromatic carbocycles. The molecule has 1 aliphatic heterocycles. The smallest absolute Gasteiger partial charge is 0.0418 e. The first-order valence-corrected chi connectivity index (χ1v) is 5.90. The number of benzene rings is 1. The van der Waals surface area contributed by atoms with Crippen LogP contribution in [0.15, 0.2) is 29.3 Å². The van der Waals surface area contributed by atoms with Gasteiger partial charge in [0.05, 0.1) is 0 Å². The molecule has 0 saturated carbocycles. The zero-order chi connectivity index (χ0) is 11.2. The van der Waals surface area contributed by atoms with Crippen LogP contribution in [-0.4, -0.2) is 25.8 Å². The Morgan fingerprint density at radius 1 is 1.25 bits per heavy atom. The largest absolute Gasteiger partial charge is 0.399 e. The highest BCUT2D eigenvalue weighted by atomic mass is 14.9. The van der Waals surface area contributed by atoms with E-state index in [1.807, 2.05) is 30.5 Å². The monoisotopic (exact) mass is 217 g/mol. The molecule has 3 heteroatoms. The zero-order valence-electron chi connectivity index (χ0n) is 9.52. The summed E-state index contributed by atoms with van der Waals surface area (Å²) in [4.78, 5) is 4.50. The van der Waals surface area contributed by atoms with Gasteiger partial charge in [-0.25, -0.2) is 0 Å². The van der Waals surface area contributed by atoms with Crippen molar-refractivity contribution in [1.82, 2.24) is 5.32 Å². The number of aliphatic imine (C=N–C) groups is 1. The SMILES string of the molecule is Nc1ccc(C=NCC2CCNCC2)cc1. The van der Waals surface area contributed by atoms with Crippen LogP contribution in [0.5, 0.6) is 0 Å². The Labute approximate surface area is 96.8 Å². The van der Waals surface area contributed by atoms with Crippen LogP contribution >= 0.6 is 0 Å². The Kier molecular flexibility index (Phi) is 3.94. The van der Waals surface area contributed by atoms with E-state index >= 15 is 0 Å². The average molecular weight is 217 g/mol. The number of hydrogen-bond acceptors (Lipinski definition) is 3. The van der Waals surface area contributed by atoms with Gasteiger partial charge >= 0.3 is 0 Å². The molecule has 1 heterocycles. The van der Waals surface area contributed by atoms with Crippen molar-refractivity contribution < 1.29 is 0 Å². The second kappa shape index (κ2) is 5.66. The third-order valence-corrected chi connectivity index (χ3v) is 3.00. The summed E-state index contributed by atoms with van der Waals surface area (Å²) < 4.78 is 0. The third kappa shape index (κ3) is 3.35. The molecule has 0 aromatic heterocycles. The van der Waals surface area contributed by atoms with Crippen molar-refractivity contribution in [3.05, 3.63) is 29.8 Å². The Bertz CT molecular complexity index is 337. The summed E-state index contributed by atoms with van der Waals surface area (Å²) in [6, 6.07) is 7.82. The lowest BCUT2D eigenvalue weighted by molar-refractivity contribution is 0.383. The number of nitrogens with zero attached hydrogens (tertiary/aromatic N) is 1. The van der Waals surface area contributed by atoms with Crippen LogP contribution in [0.2, 0.25) is 0 Å². The van der Waals surface area contributed by atoms with Crippen molar-refractivity contribution in [3.63, 3.8) is 0 Å².